The number of nitrogens with zero attached hydrogens (tertiary/aromatic N) is 4. The van der Waals surface area contributed by atoms with Crippen molar-refractivity contribution in [2.45, 2.75) is 11.8 Å². The molecule has 3 aromatic heterocycles. The highest BCUT2D eigenvalue weighted by atomic mass is 32.2. The monoisotopic (exact) mass is 510 g/mol. The molecule has 4 aromatic rings. The van der Waals surface area contributed by atoms with Gasteiger partial charge in [0.25, 0.3) is 15.8 Å². The number of rotatable bonds is 7. The zero-order chi connectivity index (χ0) is 24.0. The van der Waals surface area contributed by atoms with Crippen molar-refractivity contribution >= 4 is 41.6 Å². The Morgan fingerprint density at radius 2 is 1.88 bits per heavy atom. The summed E-state index contributed by atoms with van der Waals surface area (Å²) in [5.74, 6) is -0.392. The molecule has 1 atom stereocenters. The molecular weight excluding hydrogens is 492 g/mol. The Labute approximate surface area is 192 Å². The SMILES string of the molecule is Cn1ccc(-c2ccc3sc(C(c4nnc(CNS(N)(=O)=O)o4)S(C)(=O)=O)nc3c2)cc1=O. The quantitative estimate of drug-likeness (QED) is 0.357. The number of thiazole rings is 1. The molecule has 15 heteroatoms. The molecule has 0 aliphatic carbocycles. The summed E-state index contributed by atoms with van der Waals surface area (Å²) in [7, 11) is -6.11. The molecule has 1 aromatic carbocycles. The fourth-order valence-corrected chi connectivity index (χ4v) is 5.84. The molecule has 0 aliphatic heterocycles. The Kier molecular flexibility index (Phi) is 5.92. The van der Waals surface area contributed by atoms with E-state index in [2.05, 4.69) is 15.2 Å². The zero-order valence-corrected chi connectivity index (χ0v) is 19.7. The average molecular weight is 511 g/mol. The minimum Gasteiger partial charge on any atom is -0.422 e. The summed E-state index contributed by atoms with van der Waals surface area (Å²) >= 11 is 1.15. The van der Waals surface area contributed by atoms with E-state index in [1.165, 1.54) is 10.6 Å². The second kappa shape index (κ2) is 8.42. The minimum absolute atomic E-state index is 0.151. The molecular formula is C18H18N6O6S3. The lowest BCUT2D eigenvalue weighted by Gasteiger charge is -2.07. The van der Waals surface area contributed by atoms with Crippen LogP contribution < -0.4 is 15.4 Å². The number of sulfone groups is 1. The Balaban J connectivity index is 1.72. The van der Waals surface area contributed by atoms with Crippen molar-refractivity contribution in [2.24, 2.45) is 12.2 Å². The molecule has 0 fully saturated rings. The molecule has 4 rings (SSSR count). The van der Waals surface area contributed by atoms with Crippen molar-refractivity contribution in [1.29, 1.82) is 0 Å². The van der Waals surface area contributed by atoms with Crippen molar-refractivity contribution in [2.75, 3.05) is 6.26 Å². The van der Waals surface area contributed by atoms with E-state index in [9.17, 15) is 21.6 Å². The van der Waals surface area contributed by atoms with Crippen LogP contribution in [0.4, 0.5) is 0 Å². The third-order valence-corrected chi connectivity index (χ3v) is 7.70. The molecule has 0 saturated carbocycles. The van der Waals surface area contributed by atoms with Crippen molar-refractivity contribution in [1.82, 2.24) is 24.5 Å². The van der Waals surface area contributed by atoms with E-state index < -0.39 is 25.3 Å². The molecule has 0 aliphatic rings. The highest BCUT2D eigenvalue weighted by molar-refractivity contribution is 7.91. The van der Waals surface area contributed by atoms with Gasteiger partial charge in [0.15, 0.2) is 15.1 Å². The number of nitrogens with one attached hydrogen (secondary N) is 1. The molecule has 0 bridgehead atoms. The fraction of sp³-hybridized carbons (Fsp3) is 0.222. The first-order valence-electron chi connectivity index (χ1n) is 9.27. The summed E-state index contributed by atoms with van der Waals surface area (Å²) in [6.45, 7) is -0.387. The average Bonchev–Trinajstić information content (AvgIpc) is 3.33. The van der Waals surface area contributed by atoms with Gasteiger partial charge in [-0.15, -0.1) is 21.5 Å². The summed E-state index contributed by atoms with van der Waals surface area (Å²) < 4.78 is 56.8. The lowest BCUT2D eigenvalue weighted by molar-refractivity contribution is 0.444. The summed E-state index contributed by atoms with van der Waals surface area (Å²) in [6, 6.07) is 8.67. The number of pyridine rings is 1. The molecule has 0 spiro atoms. The zero-order valence-electron chi connectivity index (χ0n) is 17.3. The molecule has 0 saturated heterocycles. The molecule has 33 heavy (non-hydrogen) atoms. The summed E-state index contributed by atoms with van der Waals surface area (Å²) in [5.41, 5.74) is 1.84. The van der Waals surface area contributed by atoms with Crippen LogP contribution in [0.5, 0.6) is 0 Å². The van der Waals surface area contributed by atoms with Gasteiger partial charge in [0, 0.05) is 25.6 Å². The van der Waals surface area contributed by atoms with Crippen LogP contribution in [0.2, 0.25) is 0 Å². The Bertz CT molecular complexity index is 1620. The van der Waals surface area contributed by atoms with Crippen molar-refractivity contribution in [3.05, 3.63) is 63.7 Å². The number of benzene rings is 1. The maximum Gasteiger partial charge on any atom is 0.274 e. The van der Waals surface area contributed by atoms with E-state index in [1.54, 1.807) is 31.4 Å². The largest absolute Gasteiger partial charge is 0.422 e. The van der Waals surface area contributed by atoms with Crippen molar-refractivity contribution < 1.29 is 21.3 Å². The normalized spacial score (nSPS) is 13.4. The number of aryl methyl sites for hydroxylation is 1. The summed E-state index contributed by atoms with van der Waals surface area (Å²) in [4.78, 5) is 16.4. The summed E-state index contributed by atoms with van der Waals surface area (Å²) in [5, 5.41) is 11.2. The fourth-order valence-electron chi connectivity index (χ4n) is 3.04. The molecule has 12 nitrogen and oxygen atoms in total. The second-order valence-electron chi connectivity index (χ2n) is 7.21. The third-order valence-electron chi connectivity index (χ3n) is 4.63. The molecule has 0 radical (unpaired) electrons. The van der Waals surface area contributed by atoms with Gasteiger partial charge in [0.05, 0.1) is 16.8 Å². The van der Waals surface area contributed by atoms with Crippen molar-refractivity contribution in [3.63, 3.8) is 0 Å². The van der Waals surface area contributed by atoms with E-state index in [1.807, 2.05) is 10.8 Å². The number of fused-ring (bicyclic) bond motifs is 1. The maximum atomic E-state index is 12.6. The Hall–Kier alpha value is -2.98. The van der Waals surface area contributed by atoms with E-state index in [-0.39, 0.29) is 28.9 Å². The lowest BCUT2D eigenvalue weighted by Crippen LogP contribution is -2.30. The highest BCUT2D eigenvalue weighted by Crippen LogP contribution is 2.36. The van der Waals surface area contributed by atoms with Crippen LogP contribution in [0.1, 0.15) is 22.0 Å². The molecule has 3 N–H and O–H groups in total. The van der Waals surface area contributed by atoms with Crippen LogP contribution in [-0.4, -0.2) is 42.8 Å². The second-order valence-corrected chi connectivity index (χ2v) is 11.8. The van der Waals surface area contributed by atoms with E-state index >= 15 is 0 Å². The Morgan fingerprint density at radius 1 is 1.15 bits per heavy atom. The van der Waals surface area contributed by atoms with Crippen LogP contribution in [0, 0.1) is 0 Å². The van der Waals surface area contributed by atoms with E-state index in [0.717, 1.165) is 27.9 Å². The lowest BCUT2D eigenvalue weighted by atomic mass is 10.1. The highest BCUT2D eigenvalue weighted by Gasteiger charge is 2.34. The van der Waals surface area contributed by atoms with Crippen LogP contribution in [0.15, 0.2) is 45.7 Å². The first kappa shape index (κ1) is 23.2. The van der Waals surface area contributed by atoms with Gasteiger partial charge in [-0.25, -0.2) is 18.5 Å². The van der Waals surface area contributed by atoms with Gasteiger partial charge in [0.1, 0.15) is 5.01 Å². The van der Waals surface area contributed by atoms with Crippen LogP contribution in [0.25, 0.3) is 21.3 Å². The number of nitrogens with two attached hydrogens (primary N) is 1. The van der Waals surface area contributed by atoms with Crippen molar-refractivity contribution in [3.8, 4) is 11.1 Å². The third kappa shape index (κ3) is 5.17. The van der Waals surface area contributed by atoms with Gasteiger partial charge in [-0.1, -0.05) is 6.07 Å². The van der Waals surface area contributed by atoms with Gasteiger partial charge < -0.3 is 8.98 Å². The predicted molar refractivity (Wildman–Crippen MR) is 121 cm³/mol. The predicted octanol–water partition coefficient (Wildman–Crippen LogP) is 0.472. The number of hydrogen-bond acceptors (Lipinski definition) is 10. The number of hydrogen-bond donors (Lipinski definition) is 2. The first-order chi connectivity index (χ1) is 15.4. The molecule has 174 valence electrons. The standard InChI is InChI=1S/C18H18N6O6S3/c1-24-6-5-11(8-15(24)25)10-3-4-13-12(7-10)21-18(31-13)16(32(2,26)27)17-23-22-14(30-17)9-20-33(19,28)29/h3-8,16,20H,9H2,1-2H3,(H2,19,28,29). The van der Waals surface area contributed by atoms with Gasteiger partial charge >= 0.3 is 0 Å². The van der Waals surface area contributed by atoms with E-state index in [4.69, 9.17) is 9.56 Å². The van der Waals surface area contributed by atoms with Gasteiger partial charge in [0.2, 0.25) is 11.8 Å². The van der Waals surface area contributed by atoms with Crippen LogP contribution in [0.3, 0.4) is 0 Å². The topological polar surface area (TPSA) is 180 Å². The first-order valence-corrected chi connectivity index (χ1v) is 13.6. The maximum absolute atomic E-state index is 12.6. The van der Waals surface area contributed by atoms with Gasteiger partial charge in [-0.2, -0.15) is 13.1 Å². The Morgan fingerprint density at radius 3 is 2.55 bits per heavy atom. The van der Waals surface area contributed by atoms with Crippen LogP contribution in [-0.2, 0) is 33.6 Å². The molecule has 0 amide bonds. The van der Waals surface area contributed by atoms with Gasteiger partial charge in [-0.3, -0.25) is 4.79 Å². The van der Waals surface area contributed by atoms with Gasteiger partial charge in [-0.05, 0) is 29.3 Å². The molecule has 1 unspecified atom stereocenters. The van der Waals surface area contributed by atoms with Crippen LogP contribution >= 0.6 is 11.3 Å². The summed E-state index contributed by atoms with van der Waals surface area (Å²) in [6.07, 6.45) is 2.67. The smallest absolute Gasteiger partial charge is 0.274 e. The number of aromatic nitrogens is 4. The minimum atomic E-state index is -3.99. The molecule has 3 heterocycles. The van der Waals surface area contributed by atoms with E-state index in [0.29, 0.717) is 11.1 Å².